The topological polar surface area (TPSA) is 79.2 Å². The van der Waals surface area contributed by atoms with Gasteiger partial charge in [-0.25, -0.2) is 0 Å². The van der Waals surface area contributed by atoms with Gasteiger partial charge in [-0.1, -0.05) is 48.0 Å². The predicted octanol–water partition coefficient (Wildman–Crippen LogP) is 5.22. The fraction of sp³-hybridized carbons (Fsp3) is 0.125. The summed E-state index contributed by atoms with van der Waals surface area (Å²) in [5.41, 5.74) is 2.61. The Hall–Kier alpha value is -3.62. The number of benzene rings is 3. The van der Waals surface area contributed by atoms with Crippen molar-refractivity contribution < 1.29 is 14.3 Å². The molecule has 0 radical (unpaired) electrons. The van der Waals surface area contributed by atoms with Gasteiger partial charge in [-0.3, -0.25) is 9.59 Å². The standard InChI is InChI=1S/C24H19ClN2O3/c1-16(28)17-7-10-20(11-8-17)30-15-24(29)27-19-9-12-21(23(25)13-19)22(14-26)18-5-3-2-4-6-18/h2-13,22H,15H2,1H3,(H,27,29). The van der Waals surface area contributed by atoms with Crippen molar-refractivity contribution in [2.45, 2.75) is 12.8 Å². The number of anilines is 1. The van der Waals surface area contributed by atoms with Crippen molar-refractivity contribution in [3.05, 3.63) is 94.5 Å². The first kappa shape index (κ1) is 21.1. The van der Waals surface area contributed by atoms with Crippen LogP contribution in [0.5, 0.6) is 5.75 Å². The molecule has 0 aromatic heterocycles. The Kier molecular flexibility index (Phi) is 6.84. The molecule has 0 aliphatic rings. The first-order chi connectivity index (χ1) is 14.5. The number of hydrogen-bond donors (Lipinski definition) is 1. The Morgan fingerprint density at radius 1 is 1.07 bits per heavy atom. The molecule has 0 bridgehead atoms. The third-order valence-corrected chi connectivity index (χ3v) is 4.82. The van der Waals surface area contributed by atoms with Crippen LogP contribution in [0, 0.1) is 11.3 Å². The van der Waals surface area contributed by atoms with E-state index in [-0.39, 0.29) is 18.3 Å². The summed E-state index contributed by atoms with van der Waals surface area (Å²) in [6.45, 7) is 1.29. The third kappa shape index (κ3) is 5.25. The highest BCUT2D eigenvalue weighted by Gasteiger charge is 2.17. The van der Waals surface area contributed by atoms with Crippen LogP contribution in [0.3, 0.4) is 0 Å². The summed E-state index contributed by atoms with van der Waals surface area (Å²) in [5, 5.41) is 12.7. The van der Waals surface area contributed by atoms with Crippen molar-refractivity contribution in [1.29, 1.82) is 5.26 Å². The highest BCUT2D eigenvalue weighted by molar-refractivity contribution is 6.31. The molecular weight excluding hydrogens is 400 g/mol. The van der Waals surface area contributed by atoms with Crippen LogP contribution in [-0.4, -0.2) is 18.3 Å². The molecule has 1 unspecified atom stereocenters. The van der Waals surface area contributed by atoms with Crippen LogP contribution in [0.25, 0.3) is 0 Å². The number of nitrogens with zero attached hydrogens (tertiary/aromatic N) is 1. The van der Waals surface area contributed by atoms with Gasteiger partial charge in [-0.2, -0.15) is 5.26 Å². The van der Waals surface area contributed by atoms with Crippen LogP contribution in [0.2, 0.25) is 5.02 Å². The molecule has 1 amide bonds. The molecule has 6 heteroatoms. The first-order valence-electron chi connectivity index (χ1n) is 9.25. The Morgan fingerprint density at radius 2 is 1.77 bits per heavy atom. The molecule has 0 aliphatic heterocycles. The molecule has 0 fully saturated rings. The molecule has 1 atom stereocenters. The van der Waals surface area contributed by atoms with Crippen molar-refractivity contribution in [1.82, 2.24) is 0 Å². The minimum absolute atomic E-state index is 0.0366. The van der Waals surface area contributed by atoms with Crippen LogP contribution < -0.4 is 10.1 Å². The number of carbonyl (C=O) groups is 2. The third-order valence-electron chi connectivity index (χ3n) is 4.49. The van der Waals surface area contributed by atoms with Crippen molar-refractivity contribution in [2.75, 3.05) is 11.9 Å². The lowest BCUT2D eigenvalue weighted by atomic mass is 9.92. The number of hydrogen-bond acceptors (Lipinski definition) is 4. The quantitative estimate of drug-likeness (QED) is 0.534. The van der Waals surface area contributed by atoms with Gasteiger partial charge in [0, 0.05) is 16.3 Å². The van der Waals surface area contributed by atoms with Gasteiger partial charge < -0.3 is 10.1 Å². The molecule has 3 aromatic carbocycles. The molecule has 3 aromatic rings. The number of Topliss-reactive ketones (excluding diaryl/α,β-unsaturated/α-hetero) is 1. The number of amides is 1. The van der Waals surface area contributed by atoms with Gasteiger partial charge >= 0.3 is 0 Å². The van der Waals surface area contributed by atoms with Crippen molar-refractivity contribution in [3.8, 4) is 11.8 Å². The van der Waals surface area contributed by atoms with Gasteiger partial charge in [0.05, 0.1) is 12.0 Å². The Bertz CT molecular complexity index is 1090. The van der Waals surface area contributed by atoms with Crippen LogP contribution in [-0.2, 0) is 4.79 Å². The normalized spacial score (nSPS) is 11.2. The zero-order valence-electron chi connectivity index (χ0n) is 16.3. The largest absolute Gasteiger partial charge is 0.484 e. The number of nitriles is 1. The smallest absolute Gasteiger partial charge is 0.262 e. The lowest BCUT2D eigenvalue weighted by molar-refractivity contribution is -0.118. The van der Waals surface area contributed by atoms with E-state index in [9.17, 15) is 14.9 Å². The molecule has 150 valence electrons. The molecule has 30 heavy (non-hydrogen) atoms. The van der Waals surface area contributed by atoms with E-state index >= 15 is 0 Å². The summed E-state index contributed by atoms with van der Waals surface area (Å²) < 4.78 is 5.44. The van der Waals surface area contributed by atoms with Gasteiger partial charge in [0.1, 0.15) is 5.75 Å². The number of ketones is 1. The average Bonchev–Trinajstić information content (AvgIpc) is 2.75. The van der Waals surface area contributed by atoms with Gasteiger partial charge in [0.2, 0.25) is 0 Å². The van der Waals surface area contributed by atoms with Crippen LogP contribution in [0.1, 0.15) is 34.3 Å². The van der Waals surface area contributed by atoms with Crippen LogP contribution >= 0.6 is 11.6 Å². The summed E-state index contributed by atoms with van der Waals surface area (Å²) in [6, 6.07) is 23.3. The van der Waals surface area contributed by atoms with E-state index < -0.39 is 5.92 Å². The fourth-order valence-corrected chi connectivity index (χ4v) is 3.23. The Labute approximate surface area is 179 Å². The van der Waals surface area contributed by atoms with Gasteiger partial charge in [-0.15, -0.1) is 0 Å². The second-order valence-electron chi connectivity index (χ2n) is 6.63. The highest BCUT2D eigenvalue weighted by Crippen LogP contribution is 2.31. The number of ether oxygens (including phenoxy) is 1. The molecule has 1 N–H and O–H groups in total. The number of nitrogens with one attached hydrogen (secondary N) is 1. The first-order valence-corrected chi connectivity index (χ1v) is 9.63. The molecule has 3 rings (SSSR count). The number of halogens is 1. The molecular formula is C24H19ClN2O3. The van der Waals surface area contributed by atoms with E-state index in [0.29, 0.717) is 27.6 Å². The SMILES string of the molecule is CC(=O)c1ccc(OCC(=O)Nc2ccc(C(C#N)c3ccccc3)c(Cl)c2)cc1. The van der Waals surface area contributed by atoms with E-state index in [1.807, 2.05) is 30.3 Å². The fourth-order valence-electron chi connectivity index (χ4n) is 2.94. The van der Waals surface area contributed by atoms with Gasteiger partial charge in [0.15, 0.2) is 12.4 Å². The maximum Gasteiger partial charge on any atom is 0.262 e. The summed E-state index contributed by atoms with van der Waals surface area (Å²) in [7, 11) is 0. The maximum absolute atomic E-state index is 12.2. The molecule has 0 heterocycles. The summed E-state index contributed by atoms with van der Waals surface area (Å²) in [4.78, 5) is 23.5. The Balaban J connectivity index is 1.63. The van der Waals surface area contributed by atoms with E-state index in [4.69, 9.17) is 16.3 Å². The zero-order chi connectivity index (χ0) is 21.5. The van der Waals surface area contributed by atoms with Crippen LogP contribution in [0.15, 0.2) is 72.8 Å². The molecule has 0 aliphatic carbocycles. The number of carbonyl (C=O) groups excluding carboxylic acids is 2. The van der Waals surface area contributed by atoms with Gasteiger partial charge in [-0.05, 0) is 54.4 Å². The van der Waals surface area contributed by atoms with Gasteiger partial charge in [0.25, 0.3) is 5.91 Å². The van der Waals surface area contributed by atoms with E-state index in [1.165, 1.54) is 6.92 Å². The lowest BCUT2D eigenvalue weighted by Gasteiger charge is -2.14. The maximum atomic E-state index is 12.2. The molecule has 0 spiro atoms. The van der Waals surface area contributed by atoms with Crippen LogP contribution in [0.4, 0.5) is 5.69 Å². The zero-order valence-corrected chi connectivity index (χ0v) is 17.0. The summed E-state index contributed by atoms with van der Waals surface area (Å²) in [5.74, 6) is -0.395. The monoisotopic (exact) mass is 418 g/mol. The second kappa shape index (κ2) is 9.73. The second-order valence-corrected chi connectivity index (χ2v) is 7.03. The summed E-state index contributed by atoms with van der Waals surface area (Å²) >= 11 is 6.39. The molecule has 5 nitrogen and oxygen atoms in total. The summed E-state index contributed by atoms with van der Waals surface area (Å²) in [6.07, 6.45) is 0. The molecule has 0 saturated carbocycles. The Morgan fingerprint density at radius 3 is 2.37 bits per heavy atom. The molecule has 0 saturated heterocycles. The van der Waals surface area contributed by atoms with E-state index in [2.05, 4.69) is 11.4 Å². The van der Waals surface area contributed by atoms with E-state index in [0.717, 1.165) is 5.56 Å². The minimum atomic E-state index is -0.496. The average molecular weight is 419 g/mol. The van der Waals surface area contributed by atoms with Crippen molar-refractivity contribution in [3.63, 3.8) is 0 Å². The predicted molar refractivity (Wildman–Crippen MR) is 116 cm³/mol. The minimum Gasteiger partial charge on any atom is -0.484 e. The number of rotatable bonds is 7. The van der Waals surface area contributed by atoms with Crippen molar-refractivity contribution in [2.24, 2.45) is 0 Å². The van der Waals surface area contributed by atoms with Crippen molar-refractivity contribution >= 4 is 29.0 Å². The highest BCUT2D eigenvalue weighted by atomic mass is 35.5. The lowest BCUT2D eigenvalue weighted by Crippen LogP contribution is -2.20. The van der Waals surface area contributed by atoms with E-state index in [1.54, 1.807) is 42.5 Å².